The third-order valence-corrected chi connectivity index (χ3v) is 1.69. The number of nitrogens with zero attached hydrogens (tertiary/aromatic N) is 1. The monoisotopic (exact) mass is 187 g/mol. The van der Waals surface area contributed by atoms with Crippen LogP contribution in [0, 0.1) is 11.3 Å². The second-order valence-corrected chi connectivity index (χ2v) is 2.77. The highest BCUT2D eigenvalue weighted by Crippen LogP contribution is 2.14. The van der Waals surface area contributed by atoms with Gasteiger partial charge in [0.25, 0.3) is 0 Å². The summed E-state index contributed by atoms with van der Waals surface area (Å²) < 4.78 is 5.35. The molecular formula is C12H13NO. The van der Waals surface area contributed by atoms with Crippen LogP contribution in [-0.2, 0) is 0 Å². The zero-order valence-corrected chi connectivity index (χ0v) is 8.23. The number of ether oxygens (including phenoxy) is 1. The number of allylic oxidation sites excluding steroid dienone is 1. The predicted octanol–water partition coefficient (Wildman–Crippen LogP) is 3.01. The first-order chi connectivity index (χ1) is 6.86. The predicted molar refractivity (Wildman–Crippen MR) is 56.9 cm³/mol. The Morgan fingerprint density at radius 1 is 1.50 bits per heavy atom. The standard InChI is InChI=1S/C12H13NO/c1-2-14-12-8-5-7-11(10-12)6-3-4-9-13/h3,5-8,10H,2,4H2,1H3. The Morgan fingerprint density at radius 2 is 2.36 bits per heavy atom. The van der Waals surface area contributed by atoms with Crippen LogP contribution in [0.1, 0.15) is 18.9 Å². The van der Waals surface area contributed by atoms with Gasteiger partial charge in [-0.15, -0.1) is 0 Å². The van der Waals surface area contributed by atoms with Crippen LogP contribution in [-0.4, -0.2) is 6.61 Å². The molecule has 0 aliphatic rings. The first-order valence-corrected chi connectivity index (χ1v) is 4.63. The molecule has 1 aromatic rings. The van der Waals surface area contributed by atoms with Crippen LogP contribution in [0.25, 0.3) is 6.08 Å². The van der Waals surface area contributed by atoms with E-state index < -0.39 is 0 Å². The minimum absolute atomic E-state index is 0.443. The summed E-state index contributed by atoms with van der Waals surface area (Å²) in [5, 5.41) is 8.36. The molecule has 14 heavy (non-hydrogen) atoms. The zero-order valence-electron chi connectivity index (χ0n) is 8.23. The van der Waals surface area contributed by atoms with E-state index in [4.69, 9.17) is 10.00 Å². The average molecular weight is 187 g/mol. The van der Waals surface area contributed by atoms with E-state index in [1.54, 1.807) is 0 Å². The number of nitriles is 1. The van der Waals surface area contributed by atoms with Crippen molar-refractivity contribution in [2.45, 2.75) is 13.3 Å². The molecule has 0 atom stereocenters. The maximum atomic E-state index is 8.36. The summed E-state index contributed by atoms with van der Waals surface area (Å²) in [6.07, 6.45) is 4.20. The summed E-state index contributed by atoms with van der Waals surface area (Å²) in [6, 6.07) is 9.86. The van der Waals surface area contributed by atoms with Gasteiger partial charge < -0.3 is 4.74 Å². The van der Waals surface area contributed by atoms with Crippen LogP contribution in [0.15, 0.2) is 30.3 Å². The number of rotatable bonds is 4. The zero-order chi connectivity index (χ0) is 10.2. The summed E-state index contributed by atoms with van der Waals surface area (Å²) in [5.41, 5.74) is 1.06. The molecule has 0 aliphatic heterocycles. The molecule has 0 fully saturated rings. The number of hydrogen-bond acceptors (Lipinski definition) is 2. The summed E-state index contributed by atoms with van der Waals surface area (Å²) in [5.74, 6) is 0.867. The van der Waals surface area contributed by atoms with Gasteiger partial charge in [-0.2, -0.15) is 5.26 Å². The van der Waals surface area contributed by atoms with E-state index in [9.17, 15) is 0 Å². The average Bonchev–Trinajstić information content (AvgIpc) is 2.19. The molecule has 0 aromatic heterocycles. The molecule has 0 heterocycles. The molecule has 0 spiro atoms. The maximum absolute atomic E-state index is 8.36. The minimum Gasteiger partial charge on any atom is -0.494 e. The lowest BCUT2D eigenvalue weighted by molar-refractivity contribution is 0.340. The van der Waals surface area contributed by atoms with Gasteiger partial charge in [0, 0.05) is 0 Å². The Balaban J connectivity index is 2.69. The van der Waals surface area contributed by atoms with Gasteiger partial charge in [-0.25, -0.2) is 0 Å². The van der Waals surface area contributed by atoms with Crippen LogP contribution in [0.3, 0.4) is 0 Å². The number of hydrogen-bond donors (Lipinski definition) is 0. The Hall–Kier alpha value is -1.75. The van der Waals surface area contributed by atoms with Gasteiger partial charge in [0.05, 0.1) is 19.1 Å². The van der Waals surface area contributed by atoms with E-state index in [0.29, 0.717) is 13.0 Å². The van der Waals surface area contributed by atoms with Crippen molar-refractivity contribution in [1.29, 1.82) is 5.26 Å². The maximum Gasteiger partial charge on any atom is 0.119 e. The highest BCUT2D eigenvalue weighted by Gasteiger charge is 1.91. The smallest absolute Gasteiger partial charge is 0.119 e. The second-order valence-electron chi connectivity index (χ2n) is 2.77. The normalized spacial score (nSPS) is 10.0. The molecule has 0 N–H and O–H groups in total. The number of benzene rings is 1. The van der Waals surface area contributed by atoms with Gasteiger partial charge in [0.1, 0.15) is 5.75 Å². The van der Waals surface area contributed by atoms with E-state index >= 15 is 0 Å². The first kappa shape index (κ1) is 10.3. The molecule has 2 heteroatoms. The largest absolute Gasteiger partial charge is 0.494 e. The summed E-state index contributed by atoms with van der Waals surface area (Å²) in [6.45, 7) is 2.63. The van der Waals surface area contributed by atoms with E-state index in [-0.39, 0.29) is 0 Å². The van der Waals surface area contributed by atoms with Crippen LogP contribution in [0.2, 0.25) is 0 Å². The Kier molecular flexibility index (Phi) is 4.30. The molecule has 0 radical (unpaired) electrons. The van der Waals surface area contributed by atoms with Crippen LogP contribution >= 0.6 is 0 Å². The Bertz CT molecular complexity index is 350. The third-order valence-electron chi connectivity index (χ3n) is 1.69. The van der Waals surface area contributed by atoms with Gasteiger partial charge in [0.2, 0.25) is 0 Å². The van der Waals surface area contributed by atoms with Gasteiger partial charge >= 0.3 is 0 Å². The minimum atomic E-state index is 0.443. The molecule has 1 rings (SSSR count). The van der Waals surface area contributed by atoms with Gasteiger partial charge in [0.15, 0.2) is 0 Å². The molecule has 0 aliphatic carbocycles. The van der Waals surface area contributed by atoms with Crippen molar-refractivity contribution >= 4 is 6.08 Å². The third kappa shape index (κ3) is 3.32. The van der Waals surface area contributed by atoms with Crippen molar-refractivity contribution < 1.29 is 4.74 Å². The summed E-state index contributed by atoms with van der Waals surface area (Å²) in [7, 11) is 0. The fourth-order valence-corrected chi connectivity index (χ4v) is 1.12. The molecule has 72 valence electrons. The lowest BCUT2D eigenvalue weighted by atomic mass is 10.2. The Morgan fingerprint density at radius 3 is 3.07 bits per heavy atom. The van der Waals surface area contributed by atoms with Crippen molar-refractivity contribution in [1.82, 2.24) is 0 Å². The van der Waals surface area contributed by atoms with E-state index in [0.717, 1.165) is 11.3 Å². The molecule has 0 unspecified atom stereocenters. The fourth-order valence-electron chi connectivity index (χ4n) is 1.12. The van der Waals surface area contributed by atoms with Gasteiger partial charge in [-0.1, -0.05) is 24.3 Å². The lowest BCUT2D eigenvalue weighted by Crippen LogP contribution is -1.90. The fraction of sp³-hybridized carbons (Fsp3) is 0.250. The lowest BCUT2D eigenvalue weighted by Gasteiger charge is -2.02. The Labute approximate surface area is 84.4 Å². The molecule has 0 bridgehead atoms. The van der Waals surface area contributed by atoms with E-state index in [1.807, 2.05) is 43.3 Å². The van der Waals surface area contributed by atoms with Crippen LogP contribution < -0.4 is 4.74 Å². The molecule has 0 saturated heterocycles. The van der Waals surface area contributed by atoms with Gasteiger partial charge in [-0.3, -0.25) is 0 Å². The molecular weight excluding hydrogens is 174 g/mol. The summed E-state index contributed by atoms with van der Waals surface area (Å²) in [4.78, 5) is 0. The molecule has 2 nitrogen and oxygen atoms in total. The van der Waals surface area contributed by atoms with Crippen LogP contribution in [0.5, 0.6) is 5.75 Å². The van der Waals surface area contributed by atoms with E-state index in [2.05, 4.69) is 6.07 Å². The second kappa shape index (κ2) is 5.82. The van der Waals surface area contributed by atoms with Crippen molar-refractivity contribution in [3.8, 4) is 11.8 Å². The first-order valence-electron chi connectivity index (χ1n) is 4.63. The van der Waals surface area contributed by atoms with Crippen molar-refractivity contribution in [2.75, 3.05) is 6.61 Å². The molecule has 1 aromatic carbocycles. The molecule has 0 saturated carbocycles. The topological polar surface area (TPSA) is 33.0 Å². The van der Waals surface area contributed by atoms with Crippen LogP contribution in [0.4, 0.5) is 0 Å². The SMILES string of the molecule is CCOc1cccc(C=CCC#N)c1. The quantitative estimate of drug-likeness (QED) is 0.725. The highest BCUT2D eigenvalue weighted by atomic mass is 16.5. The van der Waals surface area contributed by atoms with Crippen molar-refractivity contribution in [3.63, 3.8) is 0 Å². The van der Waals surface area contributed by atoms with E-state index in [1.165, 1.54) is 0 Å². The highest BCUT2D eigenvalue weighted by molar-refractivity contribution is 5.51. The van der Waals surface area contributed by atoms with Crippen molar-refractivity contribution in [2.24, 2.45) is 0 Å². The summed E-state index contributed by atoms with van der Waals surface area (Å²) >= 11 is 0. The van der Waals surface area contributed by atoms with Crippen molar-refractivity contribution in [3.05, 3.63) is 35.9 Å². The van der Waals surface area contributed by atoms with Gasteiger partial charge in [-0.05, 0) is 24.6 Å². The molecule has 0 amide bonds.